The molecule has 1 aliphatic heterocycles. The topological polar surface area (TPSA) is 41.1 Å². The van der Waals surface area contributed by atoms with Crippen molar-refractivity contribution in [1.82, 2.24) is 10.6 Å². The Morgan fingerprint density at radius 3 is 2.76 bits per heavy atom. The summed E-state index contributed by atoms with van der Waals surface area (Å²) in [5, 5.41) is 6.48. The fraction of sp³-hybridized carbons (Fsp3) is 0.929. The van der Waals surface area contributed by atoms with Gasteiger partial charge >= 0.3 is 0 Å². The van der Waals surface area contributed by atoms with Gasteiger partial charge in [-0.25, -0.2) is 0 Å². The molecule has 2 fully saturated rings. The first-order valence-corrected chi connectivity index (χ1v) is 7.14. The molecule has 1 saturated heterocycles. The second kappa shape index (κ2) is 5.38. The van der Waals surface area contributed by atoms with E-state index in [-0.39, 0.29) is 11.3 Å². The maximum absolute atomic E-state index is 12.3. The predicted molar refractivity (Wildman–Crippen MR) is 69.7 cm³/mol. The molecule has 1 unspecified atom stereocenters. The number of hydrogen-bond acceptors (Lipinski definition) is 2. The standard InChI is InChI=1S/C14H26N2O/c1-11(2)14(7-9-15-10-14)13(17)16-8-3-4-12-5-6-12/h11-12,15H,3-10H2,1-2H3,(H,16,17). The lowest BCUT2D eigenvalue weighted by molar-refractivity contribution is -0.132. The molecule has 2 N–H and O–H groups in total. The van der Waals surface area contributed by atoms with Crippen LogP contribution in [0.5, 0.6) is 0 Å². The van der Waals surface area contributed by atoms with E-state index in [0.29, 0.717) is 5.92 Å². The second-order valence-corrected chi connectivity index (χ2v) is 6.08. The minimum absolute atomic E-state index is 0.153. The number of amides is 1. The molecule has 1 amide bonds. The van der Waals surface area contributed by atoms with E-state index >= 15 is 0 Å². The maximum Gasteiger partial charge on any atom is 0.227 e. The van der Waals surface area contributed by atoms with Crippen LogP contribution in [-0.4, -0.2) is 25.5 Å². The van der Waals surface area contributed by atoms with Crippen LogP contribution in [0, 0.1) is 17.3 Å². The Morgan fingerprint density at radius 2 is 2.24 bits per heavy atom. The summed E-state index contributed by atoms with van der Waals surface area (Å²) < 4.78 is 0. The molecular formula is C14H26N2O. The van der Waals surface area contributed by atoms with Crippen LogP contribution in [0.25, 0.3) is 0 Å². The van der Waals surface area contributed by atoms with E-state index < -0.39 is 0 Å². The minimum atomic E-state index is -0.153. The Balaban J connectivity index is 1.75. The summed E-state index contributed by atoms with van der Waals surface area (Å²) in [6.45, 7) is 7.02. The first kappa shape index (κ1) is 12.9. The number of carbonyl (C=O) groups is 1. The van der Waals surface area contributed by atoms with Crippen molar-refractivity contribution in [3.05, 3.63) is 0 Å². The van der Waals surface area contributed by atoms with Gasteiger partial charge in [-0.2, -0.15) is 0 Å². The van der Waals surface area contributed by atoms with Crippen molar-refractivity contribution in [2.45, 2.75) is 46.0 Å². The zero-order chi connectivity index (χ0) is 12.3. The van der Waals surface area contributed by atoms with Gasteiger partial charge in [0.1, 0.15) is 0 Å². The van der Waals surface area contributed by atoms with Crippen molar-refractivity contribution >= 4 is 5.91 Å². The molecule has 1 aliphatic carbocycles. The largest absolute Gasteiger partial charge is 0.356 e. The molecule has 0 spiro atoms. The molecular weight excluding hydrogens is 212 g/mol. The lowest BCUT2D eigenvalue weighted by atomic mass is 9.75. The third-order valence-corrected chi connectivity index (χ3v) is 4.52. The van der Waals surface area contributed by atoms with Gasteiger partial charge in [0, 0.05) is 13.1 Å². The summed E-state index contributed by atoms with van der Waals surface area (Å²) >= 11 is 0. The predicted octanol–water partition coefficient (Wildman–Crippen LogP) is 1.93. The van der Waals surface area contributed by atoms with Crippen LogP contribution < -0.4 is 10.6 Å². The van der Waals surface area contributed by atoms with Crippen molar-refractivity contribution in [3.8, 4) is 0 Å². The van der Waals surface area contributed by atoms with Crippen molar-refractivity contribution < 1.29 is 4.79 Å². The fourth-order valence-electron chi connectivity index (χ4n) is 2.84. The molecule has 1 atom stereocenters. The third kappa shape index (κ3) is 3.01. The zero-order valence-electron chi connectivity index (χ0n) is 11.2. The minimum Gasteiger partial charge on any atom is -0.356 e. The molecule has 0 radical (unpaired) electrons. The number of hydrogen-bond donors (Lipinski definition) is 2. The van der Waals surface area contributed by atoms with Crippen LogP contribution >= 0.6 is 0 Å². The Kier molecular flexibility index (Phi) is 4.08. The van der Waals surface area contributed by atoms with Gasteiger partial charge in [0.25, 0.3) is 0 Å². The smallest absolute Gasteiger partial charge is 0.227 e. The van der Waals surface area contributed by atoms with Gasteiger partial charge in [-0.1, -0.05) is 26.7 Å². The highest BCUT2D eigenvalue weighted by atomic mass is 16.2. The van der Waals surface area contributed by atoms with Gasteiger partial charge in [-0.05, 0) is 37.6 Å². The highest BCUT2D eigenvalue weighted by molar-refractivity contribution is 5.83. The second-order valence-electron chi connectivity index (χ2n) is 6.08. The molecule has 3 heteroatoms. The Labute approximate surface area is 105 Å². The summed E-state index contributed by atoms with van der Waals surface area (Å²) in [5.41, 5.74) is -0.153. The van der Waals surface area contributed by atoms with Gasteiger partial charge < -0.3 is 10.6 Å². The lowest BCUT2D eigenvalue weighted by Crippen LogP contribution is -2.46. The monoisotopic (exact) mass is 238 g/mol. The van der Waals surface area contributed by atoms with Gasteiger partial charge in [0.15, 0.2) is 0 Å². The van der Waals surface area contributed by atoms with Crippen LogP contribution in [0.3, 0.4) is 0 Å². The van der Waals surface area contributed by atoms with E-state index in [4.69, 9.17) is 0 Å². The van der Waals surface area contributed by atoms with Gasteiger partial charge in [-0.15, -0.1) is 0 Å². The Morgan fingerprint density at radius 1 is 1.47 bits per heavy atom. The number of nitrogens with one attached hydrogen (secondary N) is 2. The fourth-order valence-corrected chi connectivity index (χ4v) is 2.84. The van der Waals surface area contributed by atoms with Crippen molar-refractivity contribution in [2.24, 2.45) is 17.3 Å². The highest BCUT2D eigenvalue weighted by Gasteiger charge is 2.43. The van der Waals surface area contributed by atoms with Crippen molar-refractivity contribution in [2.75, 3.05) is 19.6 Å². The summed E-state index contributed by atoms with van der Waals surface area (Å²) in [5.74, 6) is 1.66. The molecule has 98 valence electrons. The molecule has 1 heterocycles. The summed E-state index contributed by atoms with van der Waals surface area (Å²) in [7, 11) is 0. The molecule has 0 aromatic carbocycles. The highest BCUT2D eigenvalue weighted by Crippen LogP contribution is 2.35. The Hall–Kier alpha value is -0.570. The van der Waals surface area contributed by atoms with Gasteiger partial charge in [-0.3, -0.25) is 4.79 Å². The molecule has 0 aromatic heterocycles. The first-order chi connectivity index (χ1) is 8.15. The van der Waals surface area contributed by atoms with E-state index in [1.54, 1.807) is 0 Å². The molecule has 1 saturated carbocycles. The molecule has 3 nitrogen and oxygen atoms in total. The summed E-state index contributed by atoms with van der Waals surface area (Å²) in [6, 6.07) is 0. The van der Waals surface area contributed by atoms with Crippen molar-refractivity contribution in [3.63, 3.8) is 0 Å². The average Bonchev–Trinajstić information content (AvgIpc) is 2.97. The van der Waals surface area contributed by atoms with E-state index in [1.807, 2.05) is 0 Å². The molecule has 2 rings (SSSR count). The van der Waals surface area contributed by atoms with Crippen molar-refractivity contribution in [1.29, 1.82) is 0 Å². The van der Waals surface area contributed by atoms with E-state index in [1.165, 1.54) is 19.3 Å². The Bertz CT molecular complexity index is 265. The van der Waals surface area contributed by atoms with Crippen LogP contribution in [0.4, 0.5) is 0 Å². The van der Waals surface area contributed by atoms with Crippen LogP contribution in [0.15, 0.2) is 0 Å². The van der Waals surface area contributed by atoms with Crippen LogP contribution in [0.1, 0.15) is 46.0 Å². The molecule has 17 heavy (non-hydrogen) atoms. The normalized spacial score (nSPS) is 28.6. The quantitative estimate of drug-likeness (QED) is 0.694. The van der Waals surface area contributed by atoms with Gasteiger partial charge in [0.05, 0.1) is 5.41 Å². The summed E-state index contributed by atoms with van der Waals surface area (Å²) in [6.07, 6.45) is 6.26. The molecule has 0 aromatic rings. The first-order valence-electron chi connectivity index (χ1n) is 7.14. The number of rotatable bonds is 6. The average molecular weight is 238 g/mol. The lowest BCUT2D eigenvalue weighted by Gasteiger charge is -2.31. The summed E-state index contributed by atoms with van der Waals surface area (Å²) in [4.78, 5) is 12.3. The van der Waals surface area contributed by atoms with E-state index in [0.717, 1.165) is 38.4 Å². The van der Waals surface area contributed by atoms with Gasteiger partial charge in [0.2, 0.25) is 5.91 Å². The van der Waals surface area contributed by atoms with Crippen LogP contribution in [0.2, 0.25) is 0 Å². The zero-order valence-corrected chi connectivity index (χ0v) is 11.2. The maximum atomic E-state index is 12.3. The third-order valence-electron chi connectivity index (χ3n) is 4.52. The van der Waals surface area contributed by atoms with E-state index in [9.17, 15) is 4.79 Å². The van der Waals surface area contributed by atoms with Crippen LogP contribution in [-0.2, 0) is 4.79 Å². The number of carbonyl (C=O) groups excluding carboxylic acids is 1. The molecule has 2 aliphatic rings. The molecule has 0 bridgehead atoms. The SMILES string of the molecule is CC(C)C1(C(=O)NCCCC2CC2)CCNC1. The van der Waals surface area contributed by atoms with E-state index in [2.05, 4.69) is 24.5 Å².